The highest BCUT2D eigenvalue weighted by atomic mass is 19.1. The largest absolute Gasteiger partial charge is 0.418 e. The molecule has 0 spiro atoms. The van der Waals surface area contributed by atoms with Crippen molar-refractivity contribution in [2.45, 2.75) is 19.9 Å². The van der Waals surface area contributed by atoms with Crippen molar-refractivity contribution in [2.24, 2.45) is 0 Å². The van der Waals surface area contributed by atoms with Gasteiger partial charge in [-0.1, -0.05) is 48.0 Å². The number of aromatic nitrogens is 2. The molecule has 1 aromatic heterocycles. The number of nitrogens with one attached hydrogen (secondary N) is 1. The van der Waals surface area contributed by atoms with Crippen LogP contribution >= 0.6 is 0 Å². The average molecular weight is 373 g/mol. The number of hydrogen-bond acceptors (Lipinski definition) is 4. The molecule has 4 aromatic rings. The number of hydrogen-bond donors (Lipinski definition) is 1. The van der Waals surface area contributed by atoms with E-state index >= 15 is 0 Å². The third-order valence-corrected chi connectivity index (χ3v) is 4.59. The summed E-state index contributed by atoms with van der Waals surface area (Å²) < 4.78 is 19.4. The normalized spacial score (nSPS) is 12.0. The van der Waals surface area contributed by atoms with Gasteiger partial charge in [-0.15, -0.1) is 10.2 Å². The van der Waals surface area contributed by atoms with Crippen molar-refractivity contribution in [1.82, 2.24) is 10.2 Å². The van der Waals surface area contributed by atoms with E-state index in [2.05, 4.69) is 28.5 Å². The fourth-order valence-corrected chi connectivity index (χ4v) is 3.12. The zero-order chi connectivity index (χ0) is 19.5. The van der Waals surface area contributed by atoms with E-state index in [0.717, 1.165) is 22.4 Å². The van der Waals surface area contributed by atoms with Crippen molar-refractivity contribution in [2.75, 3.05) is 5.32 Å². The van der Waals surface area contributed by atoms with E-state index in [9.17, 15) is 4.39 Å². The molecule has 0 saturated carbocycles. The summed E-state index contributed by atoms with van der Waals surface area (Å²) in [6, 6.07) is 21.7. The smallest absolute Gasteiger partial charge is 0.247 e. The van der Waals surface area contributed by atoms with Crippen molar-refractivity contribution in [3.05, 3.63) is 101 Å². The van der Waals surface area contributed by atoms with Crippen molar-refractivity contribution in [1.29, 1.82) is 0 Å². The van der Waals surface area contributed by atoms with Crippen LogP contribution in [0.15, 0.2) is 77.2 Å². The summed E-state index contributed by atoms with van der Waals surface area (Å²) in [6.07, 6.45) is 0. The molecule has 0 amide bonds. The van der Waals surface area contributed by atoms with Gasteiger partial charge in [0.15, 0.2) is 0 Å². The molecule has 4 nitrogen and oxygen atoms in total. The molecule has 1 N–H and O–H groups in total. The zero-order valence-electron chi connectivity index (χ0n) is 15.7. The van der Waals surface area contributed by atoms with Gasteiger partial charge in [0.2, 0.25) is 11.8 Å². The average Bonchev–Trinajstić information content (AvgIpc) is 3.19. The monoisotopic (exact) mass is 373 g/mol. The number of anilines is 1. The SMILES string of the molecule is Cc1ccc(N[C@@H](c2ccc(F)cc2)c2nnc(-c3ccccc3)o2)c(C)c1. The Morgan fingerprint density at radius 1 is 0.893 bits per heavy atom. The Kier molecular flexibility index (Phi) is 4.89. The van der Waals surface area contributed by atoms with Crippen molar-refractivity contribution in [3.63, 3.8) is 0 Å². The molecule has 3 aromatic carbocycles. The van der Waals surface area contributed by atoms with Crippen molar-refractivity contribution >= 4 is 5.69 Å². The summed E-state index contributed by atoms with van der Waals surface area (Å²) in [7, 11) is 0. The topological polar surface area (TPSA) is 51.0 Å². The standard InChI is InChI=1S/C23H20FN3O/c1-15-8-13-20(16(2)14-15)25-21(17-9-11-19(24)12-10-17)23-27-26-22(28-23)18-6-4-3-5-7-18/h3-14,21,25H,1-2H3/t21-/m0/s1. The van der Waals surface area contributed by atoms with Crippen LogP contribution < -0.4 is 5.32 Å². The lowest BCUT2D eigenvalue weighted by molar-refractivity contribution is 0.493. The third kappa shape index (κ3) is 3.78. The number of nitrogens with zero attached hydrogens (tertiary/aromatic N) is 2. The first-order chi connectivity index (χ1) is 13.6. The van der Waals surface area contributed by atoms with E-state index in [1.54, 1.807) is 12.1 Å². The van der Waals surface area contributed by atoms with Gasteiger partial charge in [0.05, 0.1) is 0 Å². The van der Waals surface area contributed by atoms with Gasteiger partial charge in [-0.2, -0.15) is 0 Å². The quantitative estimate of drug-likeness (QED) is 0.488. The summed E-state index contributed by atoms with van der Waals surface area (Å²) in [4.78, 5) is 0. The van der Waals surface area contributed by atoms with Crippen LogP contribution in [0.1, 0.15) is 28.6 Å². The number of benzene rings is 3. The molecule has 0 saturated heterocycles. The van der Waals surface area contributed by atoms with E-state index < -0.39 is 6.04 Å². The minimum atomic E-state index is -0.396. The van der Waals surface area contributed by atoms with Crippen LogP contribution in [-0.4, -0.2) is 10.2 Å². The molecule has 0 aliphatic heterocycles. The van der Waals surface area contributed by atoms with Gasteiger partial charge in [0, 0.05) is 11.3 Å². The van der Waals surface area contributed by atoms with E-state index in [0.29, 0.717) is 11.8 Å². The van der Waals surface area contributed by atoms with Crippen LogP contribution in [0, 0.1) is 19.7 Å². The Bertz CT molecular complexity index is 1070. The summed E-state index contributed by atoms with van der Waals surface area (Å²) in [5.41, 5.74) is 4.94. The van der Waals surface area contributed by atoms with Gasteiger partial charge in [0.25, 0.3) is 0 Å². The van der Waals surface area contributed by atoms with Crippen LogP contribution in [0.2, 0.25) is 0 Å². The van der Waals surface area contributed by atoms with E-state index in [1.165, 1.54) is 17.7 Å². The lowest BCUT2D eigenvalue weighted by Crippen LogP contribution is -2.13. The first kappa shape index (κ1) is 17.9. The molecule has 140 valence electrons. The molecule has 0 unspecified atom stereocenters. The molecular formula is C23H20FN3O. The third-order valence-electron chi connectivity index (χ3n) is 4.59. The first-order valence-corrected chi connectivity index (χ1v) is 9.08. The second-order valence-electron chi connectivity index (χ2n) is 6.76. The number of halogens is 1. The molecule has 0 fully saturated rings. The maximum Gasteiger partial charge on any atom is 0.247 e. The highest BCUT2D eigenvalue weighted by Crippen LogP contribution is 2.30. The summed E-state index contributed by atoms with van der Waals surface area (Å²) >= 11 is 0. The molecule has 5 heteroatoms. The van der Waals surface area contributed by atoms with Gasteiger partial charge in [-0.3, -0.25) is 0 Å². The Balaban J connectivity index is 1.73. The highest BCUT2D eigenvalue weighted by Gasteiger charge is 2.22. The second-order valence-corrected chi connectivity index (χ2v) is 6.76. The Morgan fingerprint density at radius 3 is 2.36 bits per heavy atom. The molecule has 0 aliphatic carbocycles. The number of rotatable bonds is 5. The molecule has 0 bridgehead atoms. The fourth-order valence-electron chi connectivity index (χ4n) is 3.12. The molecule has 1 heterocycles. The maximum absolute atomic E-state index is 13.4. The minimum Gasteiger partial charge on any atom is -0.418 e. The molecule has 4 rings (SSSR count). The van der Waals surface area contributed by atoms with Crippen LogP contribution in [0.25, 0.3) is 11.5 Å². The Labute approximate surface area is 163 Å². The molecule has 28 heavy (non-hydrogen) atoms. The second kappa shape index (κ2) is 7.64. The van der Waals surface area contributed by atoms with E-state index in [1.807, 2.05) is 49.4 Å². The number of aryl methyl sites for hydroxylation is 2. The van der Waals surface area contributed by atoms with Crippen LogP contribution in [0.3, 0.4) is 0 Å². The zero-order valence-corrected chi connectivity index (χ0v) is 15.7. The molecule has 1 atom stereocenters. The summed E-state index contributed by atoms with van der Waals surface area (Å²) in [6.45, 7) is 4.10. The van der Waals surface area contributed by atoms with Crippen LogP contribution in [0.5, 0.6) is 0 Å². The van der Waals surface area contributed by atoms with Gasteiger partial charge in [-0.25, -0.2) is 4.39 Å². The predicted octanol–water partition coefficient (Wildman–Crippen LogP) is 5.69. The van der Waals surface area contributed by atoms with E-state index in [-0.39, 0.29) is 5.82 Å². The maximum atomic E-state index is 13.4. The van der Waals surface area contributed by atoms with Crippen LogP contribution in [0.4, 0.5) is 10.1 Å². The Morgan fingerprint density at radius 2 is 1.64 bits per heavy atom. The molecular weight excluding hydrogens is 353 g/mol. The summed E-state index contributed by atoms with van der Waals surface area (Å²) in [5, 5.41) is 11.9. The molecule has 0 aliphatic rings. The van der Waals surface area contributed by atoms with Gasteiger partial charge in [0.1, 0.15) is 11.9 Å². The van der Waals surface area contributed by atoms with Gasteiger partial charge >= 0.3 is 0 Å². The minimum absolute atomic E-state index is 0.287. The fraction of sp³-hybridized carbons (Fsp3) is 0.130. The first-order valence-electron chi connectivity index (χ1n) is 9.08. The van der Waals surface area contributed by atoms with Crippen molar-refractivity contribution in [3.8, 4) is 11.5 Å². The van der Waals surface area contributed by atoms with E-state index in [4.69, 9.17) is 4.42 Å². The predicted molar refractivity (Wildman–Crippen MR) is 108 cm³/mol. The summed E-state index contributed by atoms with van der Waals surface area (Å²) in [5.74, 6) is 0.583. The van der Waals surface area contributed by atoms with Crippen LogP contribution in [-0.2, 0) is 0 Å². The highest BCUT2D eigenvalue weighted by molar-refractivity contribution is 5.55. The Hall–Kier alpha value is -3.47. The van der Waals surface area contributed by atoms with Crippen molar-refractivity contribution < 1.29 is 8.81 Å². The van der Waals surface area contributed by atoms with Gasteiger partial charge in [-0.05, 0) is 55.3 Å². The lowest BCUT2D eigenvalue weighted by atomic mass is 10.0. The lowest BCUT2D eigenvalue weighted by Gasteiger charge is -2.19. The molecule has 0 radical (unpaired) electrons. The van der Waals surface area contributed by atoms with Gasteiger partial charge < -0.3 is 9.73 Å².